The summed E-state index contributed by atoms with van der Waals surface area (Å²) >= 11 is 6.24. The summed E-state index contributed by atoms with van der Waals surface area (Å²) in [6, 6.07) is 51.9. The van der Waals surface area contributed by atoms with Gasteiger partial charge in [0.25, 0.3) is 23.6 Å². The van der Waals surface area contributed by atoms with Crippen LogP contribution in [-0.2, 0) is 57.2 Å². The van der Waals surface area contributed by atoms with Gasteiger partial charge in [-0.3, -0.25) is 24.0 Å². The largest absolute Gasteiger partial charge is 0.496 e. The van der Waals surface area contributed by atoms with Crippen LogP contribution >= 0.6 is 11.6 Å². The van der Waals surface area contributed by atoms with E-state index in [-0.39, 0.29) is 41.7 Å². The molecule has 147 heavy (non-hydrogen) atoms. The van der Waals surface area contributed by atoms with Crippen molar-refractivity contribution in [2.24, 2.45) is 23.7 Å². The molecule has 774 valence electrons. The smallest absolute Gasteiger partial charge is 0.258 e. The van der Waals surface area contributed by atoms with Crippen molar-refractivity contribution in [2.45, 2.75) is 256 Å². The Bertz CT molecular complexity index is 6900. The van der Waals surface area contributed by atoms with Crippen molar-refractivity contribution in [2.75, 3.05) is 39.8 Å². The van der Waals surface area contributed by atoms with Crippen molar-refractivity contribution < 1.29 is 46.3 Å². The Balaban J connectivity index is 0.000000145. The minimum absolute atomic E-state index is 0.0263. The normalized spacial score (nSPS) is 13.2. The van der Waals surface area contributed by atoms with Crippen molar-refractivity contribution in [3.05, 3.63) is 298 Å². The number of hydrogen-bond acceptors (Lipinski definition) is 16. The van der Waals surface area contributed by atoms with Gasteiger partial charge in [0.05, 0.1) is 45.4 Å². The lowest BCUT2D eigenvalue weighted by Crippen LogP contribution is -2.35. The van der Waals surface area contributed by atoms with Crippen molar-refractivity contribution in [1.82, 2.24) is 97.2 Å². The molecule has 10 heterocycles. The van der Waals surface area contributed by atoms with Gasteiger partial charge in [0.15, 0.2) is 45.7 Å². The Morgan fingerprint density at radius 3 is 1.33 bits per heavy atom. The van der Waals surface area contributed by atoms with Gasteiger partial charge in [-0.15, -0.1) is 0 Å². The van der Waals surface area contributed by atoms with E-state index in [0.717, 1.165) is 199 Å². The molecule has 3 saturated carbocycles. The molecule has 15 aromatic rings. The maximum Gasteiger partial charge on any atom is 0.258 e. The number of benzene rings is 5. The summed E-state index contributed by atoms with van der Waals surface area (Å²) in [6.45, 7) is 28.5. The standard InChI is InChI=1S/C25H29ClN4O.C23H27FN4O.C23H30N4O2.C23H28N4O.C22H25F3N4O/c1-18(2)13-15-29(24(31)12-11-20-6-3-4-7-21(20)26)17-23-28-22-8-5-14-27-25(22)30(23)16-19-9-10-19;1-16(2)14-27(23(29)17-7-5-8-18(24)13-17)15-21-26-20-11-6-12-25-22(20)28(21)19-9-3-4-10-19;1-4-6-9-16-26(23(28)18-11-7-8-13-20(18)29-3)17-21-25-19-12-10-14-24-22(19)27(21)15-5-2;1-2-3-16-26(23(28)18-10-5-4-6-11-18)17-21-25-20-14-9-15-24-22(20)27(21)19-12-7-8-13-19;1-4-9-29-19(27-18-6-5-8-26-21(18)29)13-28(10-7-14(2)3)22(30)15-11-16(23)20(25)17(24)12-15/h3-8,11-12,14,18-19H,9-10,13,15-17H2,1-2H3;5-8,11-13,16,19H,3-4,9-10,14-15H2,1-2H3;7-8,10-14H,4-6,9,15-17H2,1-3H3;4-6,9-11,14-15,19H,2-3,7-8,12-13,16-17H2,1H3;5-6,8,11-12,14H,4,7,9-10,13H2,1-3H3/b12-11+;;;;. The number of ether oxygens (including phenoxy) is 1. The third-order valence-electron chi connectivity index (χ3n) is 26.6. The fourth-order valence-electron chi connectivity index (χ4n) is 18.9. The second-order valence-corrected chi connectivity index (χ2v) is 39.9. The van der Waals surface area contributed by atoms with Crippen molar-refractivity contribution in [3.8, 4) is 5.75 Å². The number of carbonyl (C=O) groups is 5. The Labute approximate surface area is 864 Å². The molecule has 0 N–H and O–H groups in total. The Kier molecular flexibility index (Phi) is 39.6. The number of fused-ring (bicyclic) bond motifs is 5. The molecule has 3 aliphatic carbocycles. The molecule has 0 aliphatic heterocycles. The summed E-state index contributed by atoms with van der Waals surface area (Å²) in [7, 11) is 1.60. The first-order valence-electron chi connectivity index (χ1n) is 52.3. The predicted molar refractivity (Wildman–Crippen MR) is 571 cm³/mol. The van der Waals surface area contributed by atoms with Gasteiger partial charge in [0, 0.05) is 123 Å². The number of rotatable bonds is 40. The first-order chi connectivity index (χ1) is 71.3. The lowest BCUT2D eigenvalue weighted by Gasteiger charge is -2.26. The van der Waals surface area contributed by atoms with E-state index in [1.165, 1.54) is 55.6 Å². The molecule has 26 nitrogen and oxygen atoms in total. The highest BCUT2D eigenvalue weighted by atomic mass is 35.5. The molecule has 0 bridgehead atoms. The highest BCUT2D eigenvalue weighted by Gasteiger charge is 2.33. The number of methoxy groups -OCH3 is 1. The van der Waals surface area contributed by atoms with E-state index >= 15 is 0 Å². The maximum atomic E-state index is 13.7. The number of halogens is 5. The van der Waals surface area contributed by atoms with Gasteiger partial charge in [0.1, 0.15) is 68.3 Å². The van der Waals surface area contributed by atoms with Gasteiger partial charge in [-0.25, -0.2) is 67.4 Å². The lowest BCUT2D eigenvalue weighted by molar-refractivity contribution is -0.126. The van der Waals surface area contributed by atoms with Gasteiger partial charge in [-0.05, 0) is 234 Å². The summed E-state index contributed by atoms with van der Waals surface area (Å²) in [5, 5.41) is 0.637. The van der Waals surface area contributed by atoms with Crippen molar-refractivity contribution >= 4 is 103 Å². The number of pyridine rings is 5. The second-order valence-electron chi connectivity index (χ2n) is 39.5. The highest BCUT2D eigenvalue weighted by Crippen LogP contribution is 2.38. The number of aryl methyl sites for hydroxylation is 2. The molecule has 3 fully saturated rings. The Morgan fingerprint density at radius 2 is 0.830 bits per heavy atom. The van der Waals surface area contributed by atoms with E-state index in [0.29, 0.717) is 123 Å². The number of amides is 5. The monoisotopic (exact) mass is 2020 g/mol. The number of hydrogen-bond donors (Lipinski definition) is 0. The third kappa shape index (κ3) is 28.9. The first-order valence-corrected chi connectivity index (χ1v) is 52.7. The van der Waals surface area contributed by atoms with Crippen LogP contribution in [0.4, 0.5) is 17.6 Å². The summed E-state index contributed by atoms with van der Waals surface area (Å²) in [5.41, 5.74) is 10.9. The summed E-state index contributed by atoms with van der Waals surface area (Å²) in [5.74, 6) is 1.17. The van der Waals surface area contributed by atoms with Crippen LogP contribution in [0.15, 0.2) is 213 Å². The van der Waals surface area contributed by atoms with Gasteiger partial charge in [-0.2, -0.15) is 0 Å². The Hall–Kier alpha value is -13.9. The fraction of sp³-hybridized carbons (Fsp3) is 0.422. The van der Waals surface area contributed by atoms with E-state index < -0.39 is 29.2 Å². The van der Waals surface area contributed by atoms with E-state index in [4.69, 9.17) is 36.3 Å². The number of unbranched alkanes of at least 4 members (excludes halogenated alkanes) is 3. The molecule has 0 unspecified atom stereocenters. The van der Waals surface area contributed by atoms with E-state index in [9.17, 15) is 41.5 Å². The molecule has 0 atom stereocenters. The average molecular weight is 2020 g/mol. The highest BCUT2D eigenvalue weighted by molar-refractivity contribution is 6.32. The fourth-order valence-corrected chi connectivity index (χ4v) is 19.1. The summed E-state index contributed by atoms with van der Waals surface area (Å²) in [4.78, 5) is 122. The van der Waals surface area contributed by atoms with E-state index in [2.05, 4.69) is 96.6 Å². The van der Waals surface area contributed by atoms with Crippen LogP contribution in [-0.4, -0.2) is 167 Å². The number of imidazole rings is 5. The topological polar surface area (TPSA) is 264 Å². The molecule has 5 amide bonds. The van der Waals surface area contributed by atoms with Crippen LogP contribution in [0.3, 0.4) is 0 Å². The molecular formula is C116H139ClF4N20O6. The maximum absolute atomic E-state index is 13.7. The van der Waals surface area contributed by atoms with Crippen LogP contribution in [0.2, 0.25) is 5.02 Å². The first kappa shape index (κ1) is 109. The molecule has 0 spiro atoms. The summed E-state index contributed by atoms with van der Waals surface area (Å²) < 4.78 is 70.7. The third-order valence-corrected chi connectivity index (χ3v) is 27.0. The quantitative estimate of drug-likeness (QED) is 0.0149. The van der Waals surface area contributed by atoms with E-state index in [1.807, 2.05) is 186 Å². The minimum Gasteiger partial charge on any atom is -0.496 e. The number of aromatic nitrogens is 15. The van der Waals surface area contributed by atoms with Crippen LogP contribution in [0.25, 0.3) is 61.9 Å². The lowest BCUT2D eigenvalue weighted by atomic mass is 10.1. The zero-order valence-corrected chi connectivity index (χ0v) is 87.4. The SMILES string of the molecule is CC(C)CCN(Cc1nc2cccnc2n1CC1CC1)C(=O)/C=C/c1ccccc1Cl.CC(C)CN(Cc1nc2cccnc2n1C1CCCC1)C(=O)c1cccc(F)c1.CCCCCN(Cc1nc2cccnc2n1CCC)C(=O)c1ccccc1OC.CCCCN(Cc1nc2cccnc2n1C1CCCC1)C(=O)c1ccccc1.CCCn1c(CN(CCC(C)C)C(=O)c2cc(F)c(F)c(F)c2)nc2cccnc21. The number of nitrogens with zero attached hydrogens (tertiary/aromatic N) is 20. The van der Waals surface area contributed by atoms with E-state index in [1.54, 1.807) is 61.0 Å². The van der Waals surface area contributed by atoms with Crippen LogP contribution in [0.1, 0.15) is 279 Å². The molecular weight excluding hydrogens is 1880 g/mol. The van der Waals surface area contributed by atoms with Gasteiger partial charge in [-0.1, -0.05) is 180 Å². The van der Waals surface area contributed by atoms with Gasteiger partial charge >= 0.3 is 0 Å². The van der Waals surface area contributed by atoms with Crippen LogP contribution < -0.4 is 4.74 Å². The van der Waals surface area contributed by atoms with Gasteiger partial charge < -0.3 is 52.1 Å². The van der Waals surface area contributed by atoms with Crippen molar-refractivity contribution in [1.29, 1.82) is 0 Å². The zero-order valence-electron chi connectivity index (χ0n) is 86.7. The number of para-hydroxylation sites is 1. The number of carbonyl (C=O) groups excluding carboxylic acids is 5. The van der Waals surface area contributed by atoms with Crippen LogP contribution in [0, 0.1) is 46.9 Å². The molecule has 10 aromatic heterocycles. The predicted octanol–water partition coefficient (Wildman–Crippen LogP) is 25.2. The molecule has 31 heteroatoms. The molecule has 0 radical (unpaired) electrons. The second kappa shape index (κ2) is 53.5. The van der Waals surface area contributed by atoms with Gasteiger partial charge in [0.2, 0.25) is 5.91 Å². The molecule has 3 aliphatic rings. The molecule has 0 saturated heterocycles. The van der Waals surface area contributed by atoms with Crippen molar-refractivity contribution in [3.63, 3.8) is 0 Å². The average Bonchev–Trinajstić information content (AvgIpc) is 1.61. The Morgan fingerprint density at radius 1 is 0.408 bits per heavy atom. The minimum atomic E-state index is -1.59. The summed E-state index contributed by atoms with van der Waals surface area (Å²) in [6.07, 6.45) is 32.9. The zero-order chi connectivity index (χ0) is 104. The van der Waals surface area contributed by atoms with Crippen LogP contribution in [0.5, 0.6) is 5.75 Å². The molecule has 18 rings (SSSR count). The molecule has 5 aromatic carbocycles.